The smallest absolute Gasteiger partial charge is 0.165 e. The van der Waals surface area contributed by atoms with E-state index >= 15 is 0 Å². The van der Waals surface area contributed by atoms with E-state index in [-0.39, 0.29) is 6.10 Å². The Morgan fingerprint density at radius 2 is 2.16 bits per heavy atom. The van der Waals surface area contributed by atoms with Crippen molar-refractivity contribution in [2.75, 3.05) is 5.75 Å². The predicted octanol–water partition coefficient (Wildman–Crippen LogP) is 3.98. The molecule has 0 amide bonds. The zero-order valence-electron chi connectivity index (χ0n) is 10.8. The van der Waals surface area contributed by atoms with Crippen LogP contribution in [0.25, 0.3) is 0 Å². The highest BCUT2D eigenvalue weighted by Gasteiger charge is 2.23. The molecule has 0 aliphatic carbocycles. The summed E-state index contributed by atoms with van der Waals surface area (Å²) in [5.74, 6) is 2.58. The van der Waals surface area contributed by atoms with Gasteiger partial charge in [-0.1, -0.05) is 24.4 Å². The van der Waals surface area contributed by atoms with Gasteiger partial charge in [-0.3, -0.25) is 0 Å². The SMILES string of the molecule is Cc1[nH]c(C2CSc3ccccc3O2)nc(=S)c1C. The lowest BCUT2D eigenvalue weighted by Crippen LogP contribution is -2.18. The van der Waals surface area contributed by atoms with E-state index in [0.717, 1.165) is 28.6 Å². The number of thioether (sulfide) groups is 1. The average molecular weight is 290 g/mol. The van der Waals surface area contributed by atoms with Crippen LogP contribution in [-0.4, -0.2) is 15.7 Å². The first-order valence-corrected chi connectivity index (χ1v) is 7.50. The molecule has 19 heavy (non-hydrogen) atoms. The molecule has 1 unspecified atom stereocenters. The van der Waals surface area contributed by atoms with Crippen LogP contribution < -0.4 is 4.74 Å². The average Bonchev–Trinajstić information content (AvgIpc) is 2.43. The molecule has 0 radical (unpaired) electrons. The van der Waals surface area contributed by atoms with Crippen molar-refractivity contribution < 1.29 is 4.74 Å². The van der Waals surface area contributed by atoms with Crippen molar-refractivity contribution in [3.8, 4) is 5.75 Å². The normalized spacial score (nSPS) is 17.7. The van der Waals surface area contributed by atoms with Gasteiger partial charge in [0.1, 0.15) is 16.2 Å². The van der Waals surface area contributed by atoms with Crippen LogP contribution in [0.1, 0.15) is 23.2 Å². The zero-order chi connectivity index (χ0) is 13.4. The summed E-state index contributed by atoms with van der Waals surface area (Å²) in [6.07, 6.45) is -0.0686. The number of nitrogens with zero attached hydrogens (tertiary/aromatic N) is 1. The van der Waals surface area contributed by atoms with Crippen molar-refractivity contribution in [2.45, 2.75) is 24.8 Å². The van der Waals surface area contributed by atoms with Gasteiger partial charge in [0.25, 0.3) is 0 Å². The third-order valence-electron chi connectivity index (χ3n) is 3.23. The van der Waals surface area contributed by atoms with Crippen molar-refractivity contribution in [1.82, 2.24) is 9.97 Å². The molecule has 0 bridgehead atoms. The van der Waals surface area contributed by atoms with Crippen LogP contribution in [0.3, 0.4) is 0 Å². The van der Waals surface area contributed by atoms with Crippen molar-refractivity contribution >= 4 is 24.0 Å². The van der Waals surface area contributed by atoms with Crippen LogP contribution in [0.15, 0.2) is 29.2 Å². The van der Waals surface area contributed by atoms with Gasteiger partial charge in [-0.05, 0) is 26.0 Å². The maximum Gasteiger partial charge on any atom is 0.165 e. The molecule has 0 saturated heterocycles. The van der Waals surface area contributed by atoms with Crippen LogP contribution in [0.2, 0.25) is 0 Å². The van der Waals surface area contributed by atoms with Gasteiger partial charge in [0, 0.05) is 21.9 Å². The molecule has 1 atom stereocenters. The highest BCUT2D eigenvalue weighted by molar-refractivity contribution is 7.99. The molecule has 1 aliphatic rings. The van der Waals surface area contributed by atoms with Gasteiger partial charge in [0.2, 0.25) is 0 Å². The van der Waals surface area contributed by atoms with Gasteiger partial charge in [0.15, 0.2) is 6.10 Å². The molecule has 2 heterocycles. The number of aromatic amines is 1. The molecule has 98 valence electrons. The van der Waals surface area contributed by atoms with Gasteiger partial charge >= 0.3 is 0 Å². The second-order valence-corrected chi connectivity index (χ2v) is 5.99. The number of hydrogen-bond donors (Lipinski definition) is 1. The molecule has 0 spiro atoms. The van der Waals surface area contributed by atoms with E-state index in [0.29, 0.717) is 4.64 Å². The maximum absolute atomic E-state index is 6.01. The number of nitrogens with one attached hydrogen (secondary N) is 1. The Labute approximate surface area is 121 Å². The second kappa shape index (κ2) is 4.98. The topological polar surface area (TPSA) is 37.9 Å². The van der Waals surface area contributed by atoms with Gasteiger partial charge in [-0.2, -0.15) is 0 Å². The minimum absolute atomic E-state index is 0.0686. The van der Waals surface area contributed by atoms with Gasteiger partial charge in [-0.15, -0.1) is 11.8 Å². The van der Waals surface area contributed by atoms with Crippen LogP contribution in [0.5, 0.6) is 5.75 Å². The molecule has 0 saturated carbocycles. The first-order valence-electron chi connectivity index (χ1n) is 6.11. The Bertz CT molecular complexity index is 681. The lowest BCUT2D eigenvalue weighted by Gasteiger charge is -2.25. The third kappa shape index (κ3) is 2.40. The number of hydrogen-bond acceptors (Lipinski definition) is 4. The Balaban J connectivity index is 1.95. The molecule has 3 nitrogen and oxygen atoms in total. The number of ether oxygens (including phenoxy) is 1. The van der Waals surface area contributed by atoms with Crippen LogP contribution in [0.4, 0.5) is 0 Å². The van der Waals surface area contributed by atoms with E-state index in [2.05, 4.69) is 16.0 Å². The standard InChI is InChI=1S/C14H14N2OS2/c1-8-9(2)15-13(16-14(8)18)11-7-19-12-6-4-3-5-10(12)17-11/h3-6,11H,7H2,1-2H3,(H,15,16,18). The molecule has 2 aromatic rings. The minimum Gasteiger partial charge on any atom is -0.480 e. The number of aryl methyl sites for hydroxylation is 1. The first kappa shape index (κ1) is 12.7. The Kier molecular flexibility index (Phi) is 3.33. The van der Waals surface area contributed by atoms with Crippen molar-refractivity contribution in [1.29, 1.82) is 0 Å². The van der Waals surface area contributed by atoms with Crippen molar-refractivity contribution in [3.63, 3.8) is 0 Å². The fraction of sp³-hybridized carbons (Fsp3) is 0.286. The summed E-state index contributed by atoms with van der Waals surface area (Å²) in [6.45, 7) is 4.00. The largest absolute Gasteiger partial charge is 0.480 e. The summed E-state index contributed by atoms with van der Waals surface area (Å²) >= 11 is 7.07. The van der Waals surface area contributed by atoms with Crippen molar-refractivity contribution in [2.24, 2.45) is 0 Å². The number of fused-ring (bicyclic) bond motifs is 1. The third-order valence-corrected chi connectivity index (χ3v) is 4.75. The molecule has 1 aliphatic heterocycles. The van der Waals surface area contributed by atoms with Gasteiger partial charge < -0.3 is 9.72 Å². The van der Waals surface area contributed by atoms with Crippen LogP contribution >= 0.6 is 24.0 Å². The minimum atomic E-state index is -0.0686. The predicted molar refractivity (Wildman–Crippen MR) is 79.4 cm³/mol. The van der Waals surface area contributed by atoms with E-state index in [1.165, 1.54) is 4.90 Å². The summed E-state index contributed by atoms with van der Waals surface area (Å²) in [4.78, 5) is 8.93. The fourth-order valence-electron chi connectivity index (χ4n) is 1.97. The van der Waals surface area contributed by atoms with E-state index < -0.39 is 0 Å². The summed E-state index contributed by atoms with van der Waals surface area (Å²) in [6, 6.07) is 8.07. The summed E-state index contributed by atoms with van der Waals surface area (Å²) in [5, 5.41) is 0. The molecule has 5 heteroatoms. The van der Waals surface area contributed by atoms with E-state index in [1.54, 1.807) is 11.8 Å². The monoisotopic (exact) mass is 290 g/mol. The quantitative estimate of drug-likeness (QED) is 0.806. The maximum atomic E-state index is 6.01. The lowest BCUT2D eigenvalue weighted by atomic mass is 10.2. The van der Waals surface area contributed by atoms with Gasteiger partial charge in [0.05, 0.1) is 0 Å². The summed E-state index contributed by atoms with van der Waals surface area (Å²) < 4.78 is 6.66. The Hall–Kier alpha value is -1.33. The molecule has 1 N–H and O–H groups in total. The van der Waals surface area contributed by atoms with E-state index in [9.17, 15) is 0 Å². The van der Waals surface area contributed by atoms with Crippen LogP contribution in [-0.2, 0) is 0 Å². The highest BCUT2D eigenvalue weighted by Crippen LogP contribution is 2.39. The lowest BCUT2D eigenvalue weighted by molar-refractivity contribution is 0.210. The van der Waals surface area contributed by atoms with Gasteiger partial charge in [-0.25, -0.2) is 4.98 Å². The molecular formula is C14H14N2OS2. The first-order chi connectivity index (χ1) is 9.15. The summed E-state index contributed by atoms with van der Waals surface area (Å²) in [5.41, 5.74) is 2.09. The molecule has 3 rings (SSSR count). The molecular weight excluding hydrogens is 276 g/mol. The Morgan fingerprint density at radius 1 is 1.37 bits per heavy atom. The number of para-hydroxylation sites is 1. The van der Waals surface area contributed by atoms with Crippen molar-refractivity contribution in [3.05, 3.63) is 46.0 Å². The molecule has 1 aromatic carbocycles. The summed E-state index contributed by atoms with van der Waals surface area (Å²) in [7, 11) is 0. The molecule has 0 fully saturated rings. The zero-order valence-corrected chi connectivity index (χ0v) is 12.4. The number of rotatable bonds is 1. The second-order valence-electron chi connectivity index (χ2n) is 4.54. The van der Waals surface area contributed by atoms with Crippen LogP contribution in [0, 0.1) is 18.5 Å². The van der Waals surface area contributed by atoms with E-state index in [4.69, 9.17) is 17.0 Å². The Morgan fingerprint density at radius 3 is 2.95 bits per heavy atom. The number of aromatic nitrogens is 2. The molecule has 1 aromatic heterocycles. The number of H-pyrrole nitrogens is 1. The number of benzene rings is 1. The fourth-order valence-corrected chi connectivity index (χ4v) is 3.22. The van der Waals surface area contributed by atoms with E-state index in [1.807, 2.05) is 32.0 Å². The highest BCUT2D eigenvalue weighted by atomic mass is 32.2.